The largest absolute Gasteiger partial charge is 0.302 e. The Hall–Kier alpha value is -0.420. The average molecular weight is 261 g/mol. The van der Waals surface area contributed by atoms with Crippen molar-refractivity contribution in [1.29, 1.82) is 0 Å². The SMILES string of the molecule is CCCCCC1[C@@H](C=O)N1S(=O)(=O)C(C)(C)C. The van der Waals surface area contributed by atoms with E-state index in [1.54, 1.807) is 20.8 Å². The van der Waals surface area contributed by atoms with Crippen LogP contribution in [0.15, 0.2) is 0 Å². The molecule has 0 bridgehead atoms. The zero-order chi connectivity index (χ0) is 13.3. The summed E-state index contributed by atoms with van der Waals surface area (Å²) in [5.74, 6) is 0. The first-order chi connectivity index (χ1) is 7.77. The van der Waals surface area contributed by atoms with Gasteiger partial charge in [-0.25, -0.2) is 8.42 Å². The molecule has 5 heteroatoms. The minimum absolute atomic E-state index is 0.0942. The lowest BCUT2D eigenvalue weighted by atomic mass is 10.1. The standard InChI is InChI=1S/C12H23NO3S/c1-5-6-7-8-10-11(9-14)13(10)17(15,16)12(2,3)4/h9-11H,5-8H2,1-4H3/t10?,11-,13?/m1/s1. The van der Waals surface area contributed by atoms with Crippen molar-refractivity contribution >= 4 is 16.3 Å². The second-order valence-electron chi connectivity index (χ2n) is 5.64. The lowest BCUT2D eigenvalue weighted by Gasteiger charge is -2.20. The van der Waals surface area contributed by atoms with E-state index in [-0.39, 0.29) is 6.04 Å². The van der Waals surface area contributed by atoms with Crippen LogP contribution in [0, 0.1) is 0 Å². The molecule has 0 radical (unpaired) electrons. The van der Waals surface area contributed by atoms with Crippen molar-refractivity contribution in [3.63, 3.8) is 0 Å². The molecule has 1 aliphatic heterocycles. The number of unbranched alkanes of at least 4 members (excludes halogenated alkanes) is 2. The van der Waals surface area contributed by atoms with Gasteiger partial charge in [-0.05, 0) is 27.2 Å². The monoisotopic (exact) mass is 261 g/mol. The molecule has 1 saturated heterocycles. The summed E-state index contributed by atoms with van der Waals surface area (Å²) in [4.78, 5) is 10.9. The second kappa shape index (κ2) is 5.06. The molecule has 0 aromatic carbocycles. The van der Waals surface area contributed by atoms with Crippen molar-refractivity contribution in [2.24, 2.45) is 0 Å². The van der Waals surface area contributed by atoms with Crippen molar-refractivity contribution in [2.45, 2.75) is 70.2 Å². The second-order valence-corrected chi connectivity index (χ2v) is 8.23. The van der Waals surface area contributed by atoms with Crippen LogP contribution in [0.5, 0.6) is 0 Å². The molecular formula is C12H23NO3S. The molecule has 1 rings (SSSR count). The molecule has 1 aliphatic rings. The number of hydrogen-bond acceptors (Lipinski definition) is 3. The molecule has 0 amide bonds. The normalized spacial score (nSPS) is 29.1. The summed E-state index contributed by atoms with van der Waals surface area (Å²) in [5, 5.41) is 0. The third-order valence-corrected chi connectivity index (χ3v) is 5.84. The summed E-state index contributed by atoms with van der Waals surface area (Å²) in [7, 11) is -3.35. The molecule has 17 heavy (non-hydrogen) atoms. The Bertz CT molecular complexity index is 370. The highest BCUT2D eigenvalue weighted by atomic mass is 32.2. The molecule has 100 valence electrons. The molecule has 3 atom stereocenters. The number of nitrogens with zero attached hydrogens (tertiary/aromatic N) is 1. The molecule has 1 fully saturated rings. The lowest BCUT2D eigenvalue weighted by molar-refractivity contribution is -0.107. The highest BCUT2D eigenvalue weighted by Crippen LogP contribution is 2.39. The molecule has 0 aromatic heterocycles. The van der Waals surface area contributed by atoms with E-state index in [0.717, 1.165) is 32.0 Å². The quantitative estimate of drug-likeness (QED) is 0.417. The predicted octanol–water partition coefficient (Wildman–Crippen LogP) is 1.95. The van der Waals surface area contributed by atoms with Crippen molar-refractivity contribution in [1.82, 2.24) is 4.31 Å². The van der Waals surface area contributed by atoms with Crippen LogP contribution in [0.1, 0.15) is 53.4 Å². The van der Waals surface area contributed by atoms with Crippen LogP contribution >= 0.6 is 0 Å². The number of hydrogen-bond donors (Lipinski definition) is 0. The van der Waals surface area contributed by atoms with Gasteiger partial charge in [0.1, 0.15) is 6.29 Å². The third-order valence-electron chi connectivity index (χ3n) is 3.22. The maximum absolute atomic E-state index is 12.2. The van der Waals surface area contributed by atoms with Gasteiger partial charge in [-0.3, -0.25) is 0 Å². The van der Waals surface area contributed by atoms with E-state index in [4.69, 9.17) is 0 Å². The van der Waals surface area contributed by atoms with Gasteiger partial charge in [0.15, 0.2) is 0 Å². The first-order valence-corrected chi connectivity index (χ1v) is 7.69. The summed E-state index contributed by atoms with van der Waals surface area (Å²) in [6.07, 6.45) is 4.74. The zero-order valence-electron chi connectivity index (χ0n) is 11.1. The maximum atomic E-state index is 12.2. The van der Waals surface area contributed by atoms with E-state index in [9.17, 15) is 13.2 Å². The smallest absolute Gasteiger partial charge is 0.220 e. The molecule has 1 heterocycles. The minimum Gasteiger partial charge on any atom is -0.302 e. The Balaban J connectivity index is 2.70. The Morgan fingerprint density at radius 1 is 1.24 bits per heavy atom. The number of carbonyl (C=O) groups is 1. The van der Waals surface area contributed by atoms with Gasteiger partial charge in [0, 0.05) is 6.04 Å². The molecule has 0 aliphatic carbocycles. The molecule has 0 saturated carbocycles. The summed E-state index contributed by atoms with van der Waals surface area (Å²) >= 11 is 0. The molecule has 0 N–H and O–H groups in total. The maximum Gasteiger partial charge on any atom is 0.220 e. The van der Waals surface area contributed by atoms with Gasteiger partial charge in [0.2, 0.25) is 10.0 Å². The predicted molar refractivity (Wildman–Crippen MR) is 68.3 cm³/mol. The summed E-state index contributed by atoms with van der Waals surface area (Å²) in [6.45, 7) is 7.12. The van der Waals surface area contributed by atoms with Crippen molar-refractivity contribution in [2.75, 3.05) is 0 Å². The van der Waals surface area contributed by atoms with Gasteiger partial charge in [0.25, 0.3) is 0 Å². The van der Waals surface area contributed by atoms with Crippen LogP contribution in [-0.4, -0.2) is 35.8 Å². The third kappa shape index (κ3) is 2.88. The van der Waals surface area contributed by atoms with Gasteiger partial charge in [-0.1, -0.05) is 26.2 Å². The molecule has 2 unspecified atom stereocenters. The van der Waals surface area contributed by atoms with Crippen LogP contribution in [0.4, 0.5) is 0 Å². The van der Waals surface area contributed by atoms with Crippen LogP contribution in [-0.2, 0) is 14.8 Å². The van der Waals surface area contributed by atoms with Crippen LogP contribution in [0.2, 0.25) is 0 Å². The minimum atomic E-state index is -3.35. The van der Waals surface area contributed by atoms with E-state index >= 15 is 0 Å². The van der Waals surface area contributed by atoms with Crippen LogP contribution < -0.4 is 0 Å². The van der Waals surface area contributed by atoms with E-state index in [1.165, 1.54) is 4.31 Å². The number of sulfonamides is 1. The fraction of sp³-hybridized carbons (Fsp3) is 0.917. The Kier molecular flexibility index (Phi) is 4.36. The summed E-state index contributed by atoms with van der Waals surface area (Å²) < 4.78 is 24.9. The fourth-order valence-electron chi connectivity index (χ4n) is 1.98. The average Bonchev–Trinajstić information content (AvgIpc) is 2.90. The van der Waals surface area contributed by atoms with Crippen LogP contribution in [0.3, 0.4) is 0 Å². The van der Waals surface area contributed by atoms with Gasteiger partial charge < -0.3 is 4.79 Å². The van der Waals surface area contributed by atoms with Crippen molar-refractivity contribution in [3.05, 3.63) is 0 Å². The van der Waals surface area contributed by atoms with Gasteiger partial charge >= 0.3 is 0 Å². The van der Waals surface area contributed by atoms with Crippen molar-refractivity contribution < 1.29 is 13.2 Å². The molecular weight excluding hydrogens is 238 g/mol. The van der Waals surface area contributed by atoms with E-state index in [2.05, 4.69) is 6.92 Å². The molecule has 0 aromatic rings. The van der Waals surface area contributed by atoms with Gasteiger partial charge in [0.05, 0.1) is 10.8 Å². The number of carbonyl (C=O) groups excluding carboxylic acids is 1. The Morgan fingerprint density at radius 2 is 1.82 bits per heavy atom. The van der Waals surface area contributed by atoms with Gasteiger partial charge in [-0.15, -0.1) is 0 Å². The summed E-state index contributed by atoms with van der Waals surface area (Å²) in [6, 6.07) is -0.514. The van der Waals surface area contributed by atoms with Crippen molar-refractivity contribution in [3.8, 4) is 0 Å². The topological polar surface area (TPSA) is 54.2 Å². The number of aldehydes is 1. The number of rotatable bonds is 6. The molecule has 0 spiro atoms. The van der Waals surface area contributed by atoms with Gasteiger partial charge in [-0.2, -0.15) is 4.31 Å². The Labute approximate surface area is 104 Å². The lowest BCUT2D eigenvalue weighted by Crippen LogP contribution is -2.35. The fourth-order valence-corrected chi connectivity index (χ4v) is 3.66. The zero-order valence-corrected chi connectivity index (χ0v) is 12.0. The van der Waals surface area contributed by atoms with E-state index < -0.39 is 20.8 Å². The Morgan fingerprint density at radius 3 is 2.24 bits per heavy atom. The summed E-state index contributed by atoms with van der Waals surface area (Å²) in [5.41, 5.74) is 0. The molecule has 4 nitrogen and oxygen atoms in total. The first-order valence-electron chi connectivity index (χ1n) is 6.25. The highest BCUT2D eigenvalue weighted by molar-refractivity contribution is 7.90. The highest BCUT2D eigenvalue weighted by Gasteiger charge is 2.57. The van der Waals surface area contributed by atoms with E-state index in [0.29, 0.717) is 0 Å². The van der Waals surface area contributed by atoms with Crippen LogP contribution in [0.25, 0.3) is 0 Å². The first kappa shape index (κ1) is 14.6. The van der Waals surface area contributed by atoms with E-state index in [1.807, 2.05) is 0 Å².